The maximum absolute atomic E-state index is 12.0. The first-order valence-electron chi connectivity index (χ1n) is 6.04. The number of amides is 1. The van der Waals surface area contributed by atoms with Crippen LogP contribution in [0.1, 0.15) is 17.0 Å². The Balaban J connectivity index is 2.10. The smallest absolute Gasteiger partial charge is 0.246 e. The molecule has 1 amide bonds. The summed E-state index contributed by atoms with van der Waals surface area (Å²) in [6, 6.07) is 7.74. The highest BCUT2D eigenvalue weighted by atomic mass is 127. The monoisotopic (exact) mass is 369 g/mol. The number of carbonyl (C=O) groups is 1. The number of hydrogen-bond donors (Lipinski definition) is 1. The van der Waals surface area contributed by atoms with Crippen molar-refractivity contribution in [1.82, 2.24) is 9.78 Å². The summed E-state index contributed by atoms with van der Waals surface area (Å²) in [5, 5.41) is 7.27. The molecule has 0 aliphatic carbocycles. The summed E-state index contributed by atoms with van der Waals surface area (Å²) in [6.45, 7) is 6.14. The molecule has 5 heteroatoms. The number of carbonyl (C=O) groups excluding carboxylic acids is 1. The summed E-state index contributed by atoms with van der Waals surface area (Å²) in [7, 11) is 0. The van der Waals surface area contributed by atoms with Gasteiger partial charge in [-0.15, -0.1) is 0 Å². The largest absolute Gasteiger partial charge is 0.324 e. The van der Waals surface area contributed by atoms with Gasteiger partial charge in [0.15, 0.2) is 0 Å². The van der Waals surface area contributed by atoms with Gasteiger partial charge in [0, 0.05) is 11.4 Å². The fraction of sp³-hybridized carbons (Fsp3) is 0.286. The molecule has 100 valence electrons. The number of benzene rings is 1. The lowest BCUT2D eigenvalue weighted by Gasteiger charge is -2.09. The highest BCUT2D eigenvalue weighted by Gasteiger charge is 2.12. The summed E-state index contributed by atoms with van der Waals surface area (Å²) in [6.07, 6.45) is 0. The van der Waals surface area contributed by atoms with Crippen LogP contribution in [0.3, 0.4) is 0 Å². The van der Waals surface area contributed by atoms with Crippen LogP contribution in [-0.2, 0) is 11.3 Å². The van der Waals surface area contributed by atoms with Crippen LogP contribution in [0.2, 0.25) is 0 Å². The summed E-state index contributed by atoms with van der Waals surface area (Å²) >= 11 is 2.25. The fourth-order valence-electron chi connectivity index (χ4n) is 1.87. The molecule has 4 nitrogen and oxygen atoms in total. The van der Waals surface area contributed by atoms with Crippen LogP contribution in [0, 0.1) is 24.3 Å². The Morgan fingerprint density at radius 2 is 2.00 bits per heavy atom. The van der Waals surface area contributed by atoms with Gasteiger partial charge in [-0.05, 0) is 55.0 Å². The molecule has 0 aliphatic heterocycles. The summed E-state index contributed by atoms with van der Waals surface area (Å²) in [5.41, 5.74) is 3.89. The van der Waals surface area contributed by atoms with E-state index in [1.54, 1.807) is 4.68 Å². The minimum Gasteiger partial charge on any atom is -0.324 e. The zero-order valence-corrected chi connectivity index (χ0v) is 13.4. The van der Waals surface area contributed by atoms with E-state index in [0.29, 0.717) is 0 Å². The van der Waals surface area contributed by atoms with Crippen LogP contribution in [0.5, 0.6) is 0 Å². The van der Waals surface area contributed by atoms with E-state index in [4.69, 9.17) is 0 Å². The molecule has 0 fully saturated rings. The molecular weight excluding hydrogens is 353 g/mol. The second-order valence-electron chi connectivity index (χ2n) is 4.51. The number of nitrogens with zero attached hydrogens (tertiary/aromatic N) is 2. The van der Waals surface area contributed by atoms with E-state index in [2.05, 4.69) is 33.0 Å². The fourth-order valence-corrected chi connectivity index (χ4v) is 2.25. The minimum atomic E-state index is -0.0590. The van der Waals surface area contributed by atoms with E-state index in [0.717, 1.165) is 26.2 Å². The highest BCUT2D eigenvalue weighted by Crippen LogP contribution is 2.16. The first-order valence-corrected chi connectivity index (χ1v) is 7.12. The number of rotatable bonds is 3. The van der Waals surface area contributed by atoms with Crippen LogP contribution in [0.15, 0.2) is 24.3 Å². The van der Waals surface area contributed by atoms with Gasteiger partial charge in [-0.3, -0.25) is 9.48 Å². The van der Waals surface area contributed by atoms with Gasteiger partial charge in [0.05, 0.1) is 9.26 Å². The van der Waals surface area contributed by atoms with Gasteiger partial charge in [0.2, 0.25) is 5.91 Å². The molecule has 19 heavy (non-hydrogen) atoms. The molecular formula is C14H16IN3O. The number of aromatic nitrogens is 2. The van der Waals surface area contributed by atoms with Gasteiger partial charge in [-0.25, -0.2) is 0 Å². The lowest BCUT2D eigenvalue weighted by Crippen LogP contribution is -2.20. The first-order chi connectivity index (χ1) is 8.99. The molecule has 0 radical (unpaired) electrons. The molecule has 1 aromatic heterocycles. The Hall–Kier alpha value is -1.37. The number of halogens is 1. The van der Waals surface area contributed by atoms with E-state index >= 15 is 0 Å². The Morgan fingerprint density at radius 3 is 2.58 bits per heavy atom. The molecule has 0 saturated heterocycles. The second kappa shape index (κ2) is 5.73. The summed E-state index contributed by atoms with van der Waals surface area (Å²) in [4.78, 5) is 12.0. The SMILES string of the molecule is Cc1ccccc1NC(=O)Cn1nc(C)c(I)c1C. The standard InChI is InChI=1S/C14H16IN3O/c1-9-6-4-5-7-12(9)16-13(19)8-18-11(3)14(15)10(2)17-18/h4-7H,8H2,1-3H3,(H,16,19). The minimum absolute atomic E-state index is 0.0590. The van der Waals surface area contributed by atoms with E-state index < -0.39 is 0 Å². The van der Waals surface area contributed by atoms with Crippen LogP contribution in [0.4, 0.5) is 5.69 Å². The van der Waals surface area contributed by atoms with Crippen molar-refractivity contribution in [1.29, 1.82) is 0 Å². The lowest BCUT2D eigenvalue weighted by atomic mass is 10.2. The molecule has 0 spiro atoms. The third kappa shape index (κ3) is 3.15. The lowest BCUT2D eigenvalue weighted by molar-refractivity contribution is -0.116. The number of hydrogen-bond acceptors (Lipinski definition) is 2. The molecule has 0 unspecified atom stereocenters. The summed E-state index contributed by atoms with van der Waals surface area (Å²) in [5.74, 6) is -0.0590. The third-order valence-electron chi connectivity index (χ3n) is 3.01. The Bertz CT molecular complexity index is 619. The number of aryl methyl sites for hydroxylation is 2. The van der Waals surface area contributed by atoms with Crippen molar-refractivity contribution < 1.29 is 4.79 Å². The average Bonchev–Trinajstić information content (AvgIpc) is 2.60. The number of anilines is 1. The van der Waals surface area contributed by atoms with E-state index in [1.165, 1.54) is 0 Å². The molecule has 1 aromatic carbocycles. The predicted molar refractivity (Wildman–Crippen MR) is 84.2 cm³/mol. The molecule has 1 N–H and O–H groups in total. The Labute approximate surface area is 126 Å². The zero-order chi connectivity index (χ0) is 14.0. The van der Waals surface area contributed by atoms with Crippen molar-refractivity contribution in [3.05, 3.63) is 44.8 Å². The van der Waals surface area contributed by atoms with Gasteiger partial charge in [0.1, 0.15) is 6.54 Å². The van der Waals surface area contributed by atoms with Gasteiger partial charge in [-0.1, -0.05) is 18.2 Å². The third-order valence-corrected chi connectivity index (χ3v) is 4.57. The van der Waals surface area contributed by atoms with E-state index in [-0.39, 0.29) is 12.5 Å². The number of nitrogens with one attached hydrogen (secondary N) is 1. The predicted octanol–water partition coefficient (Wildman–Crippen LogP) is 3.05. The normalized spacial score (nSPS) is 10.5. The van der Waals surface area contributed by atoms with Gasteiger partial charge in [-0.2, -0.15) is 5.10 Å². The Kier molecular flexibility index (Phi) is 4.24. The molecule has 1 heterocycles. The molecule has 0 aliphatic rings. The van der Waals surface area contributed by atoms with Crippen molar-refractivity contribution in [2.24, 2.45) is 0 Å². The van der Waals surface area contributed by atoms with E-state index in [1.807, 2.05) is 45.0 Å². The highest BCUT2D eigenvalue weighted by molar-refractivity contribution is 14.1. The molecule has 2 aromatic rings. The topological polar surface area (TPSA) is 46.9 Å². The van der Waals surface area contributed by atoms with Crippen molar-refractivity contribution in [2.45, 2.75) is 27.3 Å². The van der Waals surface area contributed by atoms with Crippen molar-refractivity contribution in [2.75, 3.05) is 5.32 Å². The molecule has 0 atom stereocenters. The maximum Gasteiger partial charge on any atom is 0.246 e. The molecule has 0 saturated carbocycles. The van der Waals surface area contributed by atoms with Crippen molar-refractivity contribution in [3.8, 4) is 0 Å². The summed E-state index contributed by atoms with van der Waals surface area (Å²) < 4.78 is 2.85. The van der Waals surface area contributed by atoms with Gasteiger partial charge < -0.3 is 5.32 Å². The molecule has 2 rings (SSSR count). The first kappa shape index (κ1) is 14.0. The van der Waals surface area contributed by atoms with Crippen LogP contribution >= 0.6 is 22.6 Å². The van der Waals surface area contributed by atoms with Crippen LogP contribution in [0.25, 0.3) is 0 Å². The van der Waals surface area contributed by atoms with Gasteiger partial charge >= 0.3 is 0 Å². The molecule has 0 bridgehead atoms. The zero-order valence-electron chi connectivity index (χ0n) is 11.2. The van der Waals surface area contributed by atoms with E-state index in [9.17, 15) is 4.79 Å². The van der Waals surface area contributed by atoms with Crippen molar-refractivity contribution in [3.63, 3.8) is 0 Å². The maximum atomic E-state index is 12.0. The van der Waals surface area contributed by atoms with Gasteiger partial charge in [0.25, 0.3) is 0 Å². The quantitative estimate of drug-likeness (QED) is 0.846. The number of para-hydroxylation sites is 1. The average molecular weight is 369 g/mol. The van der Waals surface area contributed by atoms with Crippen LogP contribution in [-0.4, -0.2) is 15.7 Å². The second-order valence-corrected chi connectivity index (χ2v) is 5.58. The van der Waals surface area contributed by atoms with Crippen molar-refractivity contribution >= 4 is 34.2 Å². The van der Waals surface area contributed by atoms with Crippen LogP contribution < -0.4 is 5.32 Å². The Morgan fingerprint density at radius 1 is 1.32 bits per heavy atom.